The van der Waals surface area contributed by atoms with Crippen LogP contribution in [0, 0.1) is 22.7 Å². The van der Waals surface area contributed by atoms with Gasteiger partial charge in [0.15, 0.2) is 0 Å². The highest BCUT2D eigenvalue weighted by Gasteiger charge is 2.07. The Morgan fingerprint density at radius 1 is 1.33 bits per heavy atom. The van der Waals surface area contributed by atoms with Crippen LogP contribution in [-0.4, -0.2) is 25.2 Å². The monoisotopic (exact) mass is 302 g/mol. The maximum absolute atomic E-state index is 8.88. The van der Waals surface area contributed by atoms with Gasteiger partial charge in [-0.05, 0) is 6.07 Å². The lowest BCUT2D eigenvalue weighted by Crippen LogP contribution is -2.13. The van der Waals surface area contributed by atoms with Gasteiger partial charge in [-0.25, -0.2) is 0 Å². The van der Waals surface area contributed by atoms with Crippen molar-refractivity contribution < 1.29 is 4.84 Å². The molecule has 0 saturated carbocycles. The summed E-state index contributed by atoms with van der Waals surface area (Å²) in [7, 11) is 3.53. The molecule has 21 heavy (non-hydrogen) atoms. The fraction of sp³-hybridized carbons (Fsp3) is 0.267. The molecule has 0 aliphatic heterocycles. The van der Waals surface area contributed by atoms with Crippen LogP contribution in [-0.2, 0) is 11.4 Å². The Morgan fingerprint density at radius 2 is 2.00 bits per heavy atom. The fourth-order valence-electron chi connectivity index (χ4n) is 1.56. The number of hydrogen-bond donors (Lipinski definition) is 0. The molecule has 0 aromatic heterocycles. The van der Waals surface area contributed by atoms with E-state index in [1.54, 1.807) is 25.1 Å². The van der Waals surface area contributed by atoms with Crippen LogP contribution in [0.3, 0.4) is 0 Å². The van der Waals surface area contributed by atoms with Gasteiger partial charge in [-0.2, -0.15) is 10.5 Å². The lowest BCUT2D eigenvalue weighted by molar-refractivity contribution is 0.131. The van der Waals surface area contributed by atoms with Crippen LogP contribution < -0.4 is 0 Å². The summed E-state index contributed by atoms with van der Waals surface area (Å²) < 4.78 is 0. The van der Waals surface area contributed by atoms with E-state index in [0.717, 1.165) is 5.56 Å². The van der Waals surface area contributed by atoms with Gasteiger partial charge >= 0.3 is 0 Å². The summed E-state index contributed by atoms with van der Waals surface area (Å²) in [6.45, 7) is 0.264. The minimum absolute atomic E-state index is 0.0672. The van der Waals surface area contributed by atoms with Crippen molar-refractivity contribution in [1.29, 1.82) is 10.5 Å². The fourth-order valence-corrected chi connectivity index (χ4v) is 1.75. The summed E-state index contributed by atoms with van der Waals surface area (Å²) in [4.78, 5) is 6.87. The van der Waals surface area contributed by atoms with E-state index in [4.69, 9.17) is 27.0 Å². The van der Waals surface area contributed by atoms with Crippen molar-refractivity contribution in [1.82, 2.24) is 4.90 Å². The van der Waals surface area contributed by atoms with Gasteiger partial charge in [-0.3, -0.25) is 0 Å². The van der Waals surface area contributed by atoms with Crippen molar-refractivity contribution >= 4 is 17.8 Å². The molecule has 0 N–H and O–H groups in total. The predicted molar refractivity (Wildman–Crippen MR) is 81.3 cm³/mol. The summed E-state index contributed by atoms with van der Waals surface area (Å²) in [5, 5.41) is 22.2. The van der Waals surface area contributed by atoms with Crippen LogP contribution in [0.2, 0.25) is 5.02 Å². The summed E-state index contributed by atoms with van der Waals surface area (Å²) in [5.74, 6) is 0. The largest absolute Gasteiger partial charge is 0.391 e. The van der Waals surface area contributed by atoms with E-state index >= 15 is 0 Å². The molecule has 108 valence electrons. The maximum atomic E-state index is 8.88. The number of nitrogens with zero attached hydrogens (tertiary/aromatic N) is 4. The first-order valence-corrected chi connectivity index (χ1v) is 6.55. The van der Waals surface area contributed by atoms with Crippen LogP contribution in [0.4, 0.5) is 0 Å². The number of hydrogen-bond acceptors (Lipinski definition) is 5. The van der Waals surface area contributed by atoms with E-state index in [2.05, 4.69) is 5.16 Å². The lowest BCUT2D eigenvalue weighted by atomic mass is 10.2. The molecule has 6 heteroatoms. The number of benzene rings is 1. The van der Waals surface area contributed by atoms with E-state index in [1.807, 2.05) is 30.3 Å². The molecule has 0 radical (unpaired) electrons. The second kappa shape index (κ2) is 8.63. The Labute approximate surface area is 129 Å². The molecule has 0 aliphatic rings. The molecule has 1 rings (SSSR count). The van der Waals surface area contributed by atoms with Crippen molar-refractivity contribution in [2.24, 2.45) is 5.16 Å². The minimum atomic E-state index is 0.0672. The number of rotatable bonds is 6. The van der Waals surface area contributed by atoms with Gasteiger partial charge in [-0.1, -0.05) is 35.0 Å². The summed E-state index contributed by atoms with van der Waals surface area (Å²) in [6.07, 6.45) is 1.85. The van der Waals surface area contributed by atoms with Crippen LogP contribution in [0.25, 0.3) is 0 Å². The van der Waals surface area contributed by atoms with Gasteiger partial charge < -0.3 is 9.74 Å². The first kappa shape index (κ1) is 16.6. The molecular formula is C15H15ClN4O. The number of nitriles is 2. The smallest absolute Gasteiger partial charge is 0.149 e. The van der Waals surface area contributed by atoms with Crippen molar-refractivity contribution in [3.8, 4) is 12.1 Å². The summed E-state index contributed by atoms with van der Waals surface area (Å²) in [6, 6.07) is 11.1. The Balaban J connectivity index is 2.59. The van der Waals surface area contributed by atoms with Crippen molar-refractivity contribution in [2.75, 3.05) is 14.1 Å². The molecule has 0 aliphatic carbocycles. The number of oxime groups is 1. The first-order chi connectivity index (χ1) is 10.1. The van der Waals surface area contributed by atoms with Crippen molar-refractivity contribution in [3.05, 3.63) is 46.1 Å². The zero-order valence-corrected chi connectivity index (χ0v) is 12.6. The highest BCUT2D eigenvalue weighted by atomic mass is 35.5. The molecule has 0 spiro atoms. The molecule has 5 nitrogen and oxygen atoms in total. The van der Waals surface area contributed by atoms with E-state index < -0.39 is 0 Å². The molecule has 0 bridgehead atoms. The van der Waals surface area contributed by atoms with Crippen molar-refractivity contribution in [3.63, 3.8) is 0 Å². The normalized spacial score (nSPS) is 9.76. The predicted octanol–water partition coefficient (Wildman–Crippen LogP) is 3.10. The SMILES string of the molecule is CN(C)C(C/C=N\OCc1ccccc1Cl)=C(C#N)C#N. The van der Waals surface area contributed by atoms with Gasteiger partial charge in [0, 0.05) is 43.0 Å². The highest BCUT2D eigenvalue weighted by molar-refractivity contribution is 6.31. The molecular weight excluding hydrogens is 288 g/mol. The maximum Gasteiger partial charge on any atom is 0.149 e. The Kier molecular flexibility index (Phi) is 6.80. The molecule has 0 fully saturated rings. The van der Waals surface area contributed by atoms with Gasteiger partial charge in [0.25, 0.3) is 0 Å². The minimum Gasteiger partial charge on any atom is -0.391 e. The van der Waals surface area contributed by atoms with E-state index in [9.17, 15) is 0 Å². The number of allylic oxidation sites excluding steroid dienone is 2. The van der Waals surface area contributed by atoms with Gasteiger partial charge in [0.05, 0.1) is 0 Å². The molecule has 0 unspecified atom stereocenters. The van der Waals surface area contributed by atoms with Crippen LogP contribution in [0.1, 0.15) is 12.0 Å². The van der Waals surface area contributed by atoms with E-state index in [0.29, 0.717) is 17.1 Å². The van der Waals surface area contributed by atoms with Gasteiger partial charge in [0.1, 0.15) is 24.3 Å². The average molecular weight is 303 g/mol. The standard InChI is InChI=1S/C15H15ClN4O/c1-20(2)15(13(9-17)10-18)7-8-19-21-11-12-5-3-4-6-14(12)16/h3-6,8H,7,11H2,1-2H3/b19-8-. The molecule has 0 atom stereocenters. The Hall–Kier alpha value is -2.50. The van der Waals surface area contributed by atoms with Crippen molar-refractivity contribution in [2.45, 2.75) is 13.0 Å². The molecule has 1 aromatic rings. The summed E-state index contributed by atoms with van der Waals surface area (Å²) >= 11 is 5.99. The molecule has 0 heterocycles. The topological polar surface area (TPSA) is 72.4 Å². The van der Waals surface area contributed by atoms with E-state index in [-0.39, 0.29) is 12.2 Å². The Morgan fingerprint density at radius 3 is 2.57 bits per heavy atom. The zero-order chi connectivity index (χ0) is 15.7. The molecule has 0 saturated heterocycles. The van der Waals surface area contributed by atoms with Crippen LogP contribution >= 0.6 is 11.6 Å². The van der Waals surface area contributed by atoms with E-state index in [1.165, 1.54) is 6.21 Å². The number of halogens is 1. The van der Waals surface area contributed by atoms with Gasteiger partial charge in [-0.15, -0.1) is 0 Å². The highest BCUT2D eigenvalue weighted by Crippen LogP contribution is 2.15. The first-order valence-electron chi connectivity index (χ1n) is 6.18. The third-order valence-corrected chi connectivity index (χ3v) is 3.03. The van der Waals surface area contributed by atoms with Gasteiger partial charge in [0.2, 0.25) is 0 Å². The van der Waals surface area contributed by atoms with Crippen LogP contribution in [0.15, 0.2) is 40.7 Å². The lowest BCUT2D eigenvalue weighted by Gasteiger charge is -2.14. The average Bonchev–Trinajstić information content (AvgIpc) is 2.47. The third kappa shape index (κ3) is 5.18. The quantitative estimate of drug-likeness (QED) is 0.460. The Bertz CT molecular complexity index is 607. The molecule has 1 aromatic carbocycles. The second-order valence-electron chi connectivity index (χ2n) is 4.30. The second-order valence-corrected chi connectivity index (χ2v) is 4.70. The zero-order valence-electron chi connectivity index (χ0n) is 11.9. The van der Waals surface area contributed by atoms with Crippen LogP contribution in [0.5, 0.6) is 0 Å². The summed E-state index contributed by atoms with van der Waals surface area (Å²) in [5.41, 5.74) is 1.50. The molecule has 0 amide bonds. The third-order valence-electron chi connectivity index (χ3n) is 2.66.